The molecule has 0 spiro atoms. The van der Waals surface area contributed by atoms with Gasteiger partial charge in [0.25, 0.3) is 0 Å². The SMILES string of the molecule is CO[C@@H](C)COc1nc(N2C[C@@H]3C[C@H]2CN3C(=O)OC(C)(C)C)c2cc(C3CC3)c(-c3c(C)c(F)cc4nn(C(c5ccccc5)(c5ccccc5)c5ccccc5)cc34)c(OCc3ccc(-c4cn([C@H](C(=O)N5C[C@H](O)C[C@H]5C(=O)N[C@@H](CO)c5ccc(-c6cncnc6C)cc5)C(C)C)nn4)cc3)c2n1. The Hall–Kier alpha value is -11.0. The average Bonchev–Trinajstić information content (AvgIpc) is 1.64. The summed E-state index contributed by atoms with van der Waals surface area (Å²) in [5, 5.41) is 40.6. The summed E-state index contributed by atoms with van der Waals surface area (Å²) in [7, 11) is 1.62. The number of methoxy groups -OCH3 is 1. The molecule has 4 aliphatic rings. The Balaban J connectivity index is 0.795. The van der Waals surface area contributed by atoms with Gasteiger partial charge in [-0.3, -0.25) is 14.3 Å². The van der Waals surface area contributed by atoms with Crippen LogP contribution in [0.25, 0.3) is 55.3 Å². The third-order valence-electron chi connectivity index (χ3n) is 21.3. The summed E-state index contributed by atoms with van der Waals surface area (Å²) in [5.74, 6) is -0.621. The summed E-state index contributed by atoms with van der Waals surface area (Å²) >= 11 is 0. The van der Waals surface area contributed by atoms with Crippen molar-refractivity contribution >= 4 is 45.5 Å². The van der Waals surface area contributed by atoms with Crippen molar-refractivity contribution in [2.45, 2.75) is 147 Å². The lowest BCUT2D eigenvalue weighted by molar-refractivity contribution is -0.142. The predicted molar refractivity (Wildman–Crippen MR) is 404 cm³/mol. The number of carbonyl (C=O) groups is 3. The quantitative estimate of drug-likeness (QED) is 0.0503. The molecule has 1 aliphatic carbocycles. The Kier molecular flexibility index (Phi) is 19.7. The molecule has 23 heteroatoms. The van der Waals surface area contributed by atoms with Crippen LogP contribution in [0.2, 0.25) is 0 Å². The van der Waals surface area contributed by atoms with Crippen LogP contribution in [0, 0.1) is 25.6 Å². The van der Waals surface area contributed by atoms with Crippen molar-refractivity contribution in [1.29, 1.82) is 0 Å². The number of piperazine rings is 1. The molecule has 7 atom stereocenters. The molecule has 107 heavy (non-hydrogen) atoms. The lowest BCUT2D eigenvalue weighted by Crippen LogP contribution is -2.50. The van der Waals surface area contributed by atoms with Crippen molar-refractivity contribution in [3.8, 4) is 45.3 Å². The first-order chi connectivity index (χ1) is 51.7. The van der Waals surface area contributed by atoms with Gasteiger partial charge in [0.2, 0.25) is 11.8 Å². The van der Waals surface area contributed by atoms with Gasteiger partial charge in [-0.2, -0.15) is 15.1 Å². The maximum Gasteiger partial charge on any atom is 0.410 e. The second-order valence-corrected chi connectivity index (χ2v) is 30.1. The highest BCUT2D eigenvalue weighted by Crippen LogP contribution is 2.55. The van der Waals surface area contributed by atoms with Crippen LogP contribution in [0.5, 0.6) is 11.8 Å². The van der Waals surface area contributed by atoms with Crippen LogP contribution in [-0.2, 0) is 31.2 Å². The zero-order valence-electron chi connectivity index (χ0n) is 61.5. The molecule has 0 unspecified atom stereocenters. The Morgan fingerprint density at radius 1 is 0.748 bits per heavy atom. The van der Waals surface area contributed by atoms with Crippen LogP contribution in [-0.4, -0.2) is 159 Å². The number of hydrogen-bond donors (Lipinski definition) is 3. The maximum absolute atomic E-state index is 17.7. The molecule has 1 saturated carbocycles. The minimum atomic E-state index is -1.04. The fraction of sp³-hybridized carbons (Fsp3) is 0.357. The number of halogens is 1. The lowest BCUT2D eigenvalue weighted by atomic mass is 9.77. The first-order valence-corrected chi connectivity index (χ1v) is 36.7. The number of anilines is 1. The molecule has 3 saturated heterocycles. The number of aryl methyl sites for hydroxylation is 1. The van der Waals surface area contributed by atoms with Gasteiger partial charge >= 0.3 is 12.1 Å². The van der Waals surface area contributed by atoms with E-state index in [0.717, 1.165) is 57.5 Å². The van der Waals surface area contributed by atoms with Crippen molar-refractivity contribution < 1.29 is 47.9 Å². The van der Waals surface area contributed by atoms with Crippen LogP contribution in [0.1, 0.15) is 130 Å². The number of likely N-dealkylation sites (tertiary alicyclic amines) is 2. The van der Waals surface area contributed by atoms with E-state index in [1.54, 1.807) is 19.5 Å². The fourth-order valence-corrected chi connectivity index (χ4v) is 15.7. The number of aliphatic hydroxyl groups is 2. The number of rotatable bonds is 23. The molecule has 3 aliphatic heterocycles. The Bertz CT molecular complexity index is 5000. The van der Waals surface area contributed by atoms with E-state index in [0.29, 0.717) is 86.4 Å². The summed E-state index contributed by atoms with van der Waals surface area (Å²) in [6, 6.07) is 46.7. The maximum atomic E-state index is 17.7. The number of carbonyl (C=O) groups excluding carboxylic acids is 3. The molecular formula is C84H88FN13O9. The summed E-state index contributed by atoms with van der Waals surface area (Å²) < 4.78 is 46.7. The minimum absolute atomic E-state index is 0.00452. The third-order valence-corrected chi connectivity index (χ3v) is 21.3. The number of β-amino-alcohol motifs (C(OH)–C–C–N with tert-alkyl or cyclic N) is 1. The van der Waals surface area contributed by atoms with Gasteiger partial charge in [0.15, 0.2) is 5.75 Å². The van der Waals surface area contributed by atoms with Crippen LogP contribution in [0.15, 0.2) is 177 Å². The average molecular weight is 1440 g/mol. The summed E-state index contributed by atoms with van der Waals surface area (Å²) in [5.41, 5.74) is 9.80. The fourth-order valence-electron chi connectivity index (χ4n) is 15.7. The van der Waals surface area contributed by atoms with Gasteiger partial charge in [-0.1, -0.05) is 159 Å². The van der Waals surface area contributed by atoms with Gasteiger partial charge in [0, 0.05) is 90.3 Å². The lowest BCUT2D eigenvalue weighted by Gasteiger charge is -2.36. The van der Waals surface area contributed by atoms with Crippen LogP contribution >= 0.6 is 0 Å². The van der Waals surface area contributed by atoms with Crippen LogP contribution < -0.4 is 19.7 Å². The predicted octanol–water partition coefficient (Wildman–Crippen LogP) is 13.0. The molecule has 3 amide bonds. The van der Waals surface area contributed by atoms with Gasteiger partial charge in [-0.15, -0.1) is 5.10 Å². The van der Waals surface area contributed by atoms with Crippen molar-refractivity contribution in [2.24, 2.45) is 5.92 Å². The number of aromatic nitrogens is 9. The normalized spacial score (nSPS) is 18.2. The Morgan fingerprint density at radius 2 is 1.42 bits per heavy atom. The number of amides is 3. The van der Waals surface area contributed by atoms with Crippen LogP contribution in [0.4, 0.5) is 15.0 Å². The number of nitrogens with one attached hydrogen (secondary N) is 1. The van der Waals surface area contributed by atoms with E-state index in [1.807, 2.05) is 168 Å². The van der Waals surface area contributed by atoms with Crippen molar-refractivity contribution in [3.63, 3.8) is 0 Å². The van der Waals surface area contributed by atoms with E-state index < -0.39 is 59.6 Å². The highest BCUT2D eigenvalue weighted by molar-refractivity contribution is 6.06. The molecule has 2 bridgehead atoms. The summed E-state index contributed by atoms with van der Waals surface area (Å²) in [6.07, 6.45) is 7.78. The van der Waals surface area contributed by atoms with E-state index in [4.69, 9.17) is 34.0 Å². The highest BCUT2D eigenvalue weighted by atomic mass is 19.1. The number of nitrogens with zero attached hydrogens (tertiary/aromatic N) is 12. The third kappa shape index (κ3) is 13.9. The summed E-state index contributed by atoms with van der Waals surface area (Å²) in [4.78, 5) is 67.4. The molecule has 11 aromatic rings. The topological polar surface area (TPSA) is 250 Å². The zero-order valence-corrected chi connectivity index (χ0v) is 61.5. The van der Waals surface area contributed by atoms with Crippen LogP contribution in [0.3, 0.4) is 0 Å². The van der Waals surface area contributed by atoms with Gasteiger partial charge in [0.05, 0.1) is 48.7 Å². The van der Waals surface area contributed by atoms with Crippen molar-refractivity contribution in [3.05, 3.63) is 227 Å². The number of aliphatic hydroxyl groups excluding tert-OH is 2. The highest BCUT2D eigenvalue weighted by Gasteiger charge is 2.49. The van der Waals surface area contributed by atoms with Gasteiger partial charge in [0.1, 0.15) is 65.6 Å². The molecule has 0 radical (unpaired) electrons. The number of hydrogen-bond acceptors (Lipinski definition) is 17. The monoisotopic (exact) mass is 1440 g/mol. The molecular weight excluding hydrogens is 1350 g/mol. The molecule has 7 aromatic carbocycles. The molecule has 4 fully saturated rings. The van der Waals surface area contributed by atoms with E-state index in [2.05, 4.69) is 79.2 Å². The van der Waals surface area contributed by atoms with E-state index >= 15 is 4.39 Å². The standard InChI is InChI=1S/C84H88FN13O9/c1-49(2)76(80(102)96-42-63(100)36-72(96)79(101)88-71(45-99)57-33-31-55(32-34-57)66-39-86-48-87-52(66)5)97-44-70(91-93-97)56-27-25-53(26-28-56)47-105-77-74(73-51(4)68(85)38-69-67(73)43-98(92-69)84(58-19-13-10-14-20-58,59-21-15-11-16-22-59)60-23-17-12-18-24-60)64(54-29-30-54)37-65-75(77)89-81(106-46-50(3)104-9)90-78(65)94-40-62-35-61(94)41-95(62)82(103)107-83(6,7)8/h10-28,31-34,37-39,43-44,48-50,54,61-63,71-72,76,99-100H,29-30,35-36,40-42,45-47H2,1-9H3,(H,88,101)/t50-,61-,62-,63+,71-,72-,76-/m0/s1. The van der Waals surface area contributed by atoms with Gasteiger partial charge < -0.3 is 49.2 Å². The summed E-state index contributed by atoms with van der Waals surface area (Å²) in [6.45, 7) is 15.6. The molecule has 22 nitrogen and oxygen atoms in total. The van der Waals surface area contributed by atoms with Crippen molar-refractivity contribution in [2.75, 3.05) is 44.9 Å². The Labute approximate surface area is 620 Å². The number of fused-ring (bicyclic) bond motifs is 4. The van der Waals surface area contributed by atoms with Gasteiger partial charge in [-0.25, -0.2) is 23.8 Å². The minimum Gasteiger partial charge on any atom is -0.486 e. The first-order valence-electron chi connectivity index (χ1n) is 36.7. The number of benzene rings is 7. The molecule has 550 valence electrons. The second-order valence-electron chi connectivity index (χ2n) is 30.1. The number of ether oxygens (including phenoxy) is 4. The van der Waals surface area contributed by atoms with E-state index in [-0.39, 0.29) is 68.3 Å². The first kappa shape index (κ1) is 71.6. The Morgan fingerprint density at radius 3 is 2.03 bits per heavy atom. The van der Waals surface area contributed by atoms with Crippen molar-refractivity contribution in [1.82, 2.24) is 59.8 Å². The van der Waals surface area contributed by atoms with E-state index in [1.165, 1.54) is 22.0 Å². The second kappa shape index (κ2) is 29.4. The molecule has 7 heterocycles. The molecule has 15 rings (SSSR count). The molecule has 4 aromatic heterocycles. The smallest absolute Gasteiger partial charge is 0.410 e. The largest absolute Gasteiger partial charge is 0.486 e. The van der Waals surface area contributed by atoms with E-state index in [9.17, 15) is 24.6 Å². The van der Waals surface area contributed by atoms with Gasteiger partial charge in [-0.05, 0) is 123 Å². The molecule has 3 N–H and O–H groups in total. The zero-order chi connectivity index (χ0) is 74.6.